The van der Waals surface area contributed by atoms with Crippen LogP contribution >= 0.6 is 0 Å². The first kappa shape index (κ1) is 15.5. The molecule has 3 N–H and O–H groups in total. The van der Waals surface area contributed by atoms with Gasteiger partial charge in [-0.15, -0.1) is 0 Å². The van der Waals surface area contributed by atoms with Crippen molar-refractivity contribution in [1.82, 2.24) is 0 Å². The van der Waals surface area contributed by atoms with Crippen molar-refractivity contribution >= 4 is 5.97 Å². The first-order valence-corrected chi connectivity index (χ1v) is 7.57. The Balaban J connectivity index is 0.000000154. The zero-order chi connectivity index (χ0) is 15.1. The second-order valence-electron chi connectivity index (χ2n) is 5.64. The van der Waals surface area contributed by atoms with E-state index in [1.807, 2.05) is 6.07 Å². The Hall–Kier alpha value is -1.87. The summed E-state index contributed by atoms with van der Waals surface area (Å²) >= 11 is 0. The predicted molar refractivity (Wildman–Crippen MR) is 85.2 cm³/mol. The minimum Gasteiger partial charge on any atom is -0.481 e. The van der Waals surface area contributed by atoms with E-state index in [1.165, 1.54) is 11.1 Å². The van der Waals surface area contributed by atoms with Gasteiger partial charge in [0.05, 0.1) is 5.92 Å². The molecule has 0 atom stereocenters. The van der Waals surface area contributed by atoms with Gasteiger partial charge in [-0.2, -0.15) is 0 Å². The van der Waals surface area contributed by atoms with Crippen LogP contribution in [0.15, 0.2) is 48.5 Å². The topological polar surface area (TPSA) is 63.3 Å². The second-order valence-corrected chi connectivity index (χ2v) is 5.64. The smallest absolute Gasteiger partial charge is 0.306 e. The largest absolute Gasteiger partial charge is 0.481 e. The Labute approximate surface area is 126 Å². The molecular formula is C18H23NO2. The van der Waals surface area contributed by atoms with Crippen molar-refractivity contribution in [3.05, 3.63) is 48.5 Å². The van der Waals surface area contributed by atoms with E-state index in [9.17, 15) is 4.79 Å². The van der Waals surface area contributed by atoms with Gasteiger partial charge < -0.3 is 10.8 Å². The van der Waals surface area contributed by atoms with Crippen molar-refractivity contribution in [1.29, 1.82) is 0 Å². The minimum absolute atomic E-state index is 0.0993. The molecule has 3 aliphatic carbocycles. The molecule has 0 aromatic rings. The third kappa shape index (κ3) is 4.57. The molecule has 0 aliphatic heterocycles. The Morgan fingerprint density at radius 2 is 1.48 bits per heavy atom. The fourth-order valence-corrected chi connectivity index (χ4v) is 2.78. The number of rotatable bonds is 2. The number of carbonyl (C=O) groups is 1. The number of carboxylic acids is 1. The fourth-order valence-electron chi connectivity index (χ4n) is 2.78. The van der Waals surface area contributed by atoms with Crippen LogP contribution in [0.4, 0.5) is 0 Å². The first-order valence-electron chi connectivity index (χ1n) is 7.57. The lowest BCUT2D eigenvalue weighted by Crippen LogP contribution is -2.25. The Kier molecular flexibility index (Phi) is 5.76. The zero-order valence-corrected chi connectivity index (χ0v) is 12.2. The van der Waals surface area contributed by atoms with Crippen LogP contribution in [-0.4, -0.2) is 17.6 Å². The van der Waals surface area contributed by atoms with Crippen LogP contribution in [0.25, 0.3) is 11.1 Å². The molecule has 1 fully saturated rings. The summed E-state index contributed by atoms with van der Waals surface area (Å²) in [5.41, 5.74) is 8.10. The Morgan fingerprint density at radius 1 is 0.952 bits per heavy atom. The zero-order valence-electron chi connectivity index (χ0n) is 12.2. The van der Waals surface area contributed by atoms with Gasteiger partial charge in [-0.25, -0.2) is 0 Å². The Morgan fingerprint density at radius 3 is 1.95 bits per heavy atom. The molecule has 112 valence electrons. The van der Waals surface area contributed by atoms with E-state index in [0.717, 1.165) is 25.7 Å². The average molecular weight is 285 g/mol. The summed E-state index contributed by atoms with van der Waals surface area (Å²) in [6.45, 7) is 0.715. The highest BCUT2D eigenvalue weighted by atomic mass is 16.4. The standard InChI is InChI=1S/C10H8.C8H15NO2/c1-2-5-9-7-4-8-10(9)6-3-1;9-5-6-1-3-7(4-2-6)8(10)11/h1-8H;6-7H,1-5,9H2,(H,10,11)/t;6-,7-. The van der Waals surface area contributed by atoms with Crippen molar-refractivity contribution in [3.63, 3.8) is 0 Å². The molecule has 3 rings (SSSR count). The normalized spacial score (nSPS) is 21.4. The molecular weight excluding hydrogens is 262 g/mol. The SMILES string of the molecule is NC[C@H]1CC[C@H](C(=O)O)CC1.c1ccc2cccc-2cc1. The number of hydrogen-bond donors (Lipinski definition) is 2. The van der Waals surface area contributed by atoms with Gasteiger partial charge in [0.15, 0.2) is 0 Å². The molecule has 0 aromatic carbocycles. The summed E-state index contributed by atoms with van der Waals surface area (Å²) in [5.74, 6) is -0.163. The molecule has 0 aromatic heterocycles. The maximum absolute atomic E-state index is 10.5. The van der Waals surface area contributed by atoms with Crippen LogP contribution in [0.3, 0.4) is 0 Å². The van der Waals surface area contributed by atoms with Gasteiger partial charge in [0, 0.05) is 0 Å². The summed E-state index contributed by atoms with van der Waals surface area (Å²) in [6.07, 6.45) is 3.62. The quantitative estimate of drug-likeness (QED) is 0.885. The summed E-state index contributed by atoms with van der Waals surface area (Å²) in [6, 6.07) is 16.7. The number of aliphatic carboxylic acids is 1. The molecule has 3 aliphatic rings. The number of nitrogens with two attached hydrogens (primary N) is 1. The molecule has 0 saturated heterocycles. The van der Waals surface area contributed by atoms with E-state index in [2.05, 4.69) is 42.5 Å². The first-order chi connectivity index (χ1) is 10.2. The van der Waals surface area contributed by atoms with Crippen molar-refractivity contribution < 1.29 is 9.90 Å². The van der Waals surface area contributed by atoms with Gasteiger partial charge >= 0.3 is 5.97 Å². The average Bonchev–Trinajstić information content (AvgIpc) is 2.84. The van der Waals surface area contributed by atoms with Gasteiger partial charge in [0.2, 0.25) is 0 Å². The lowest BCUT2D eigenvalue weighted by atomic mass is 9.82. The van der Waals surface area contributed by atoms with Crippen molar-refractivity contribution in [2.75, 3.05) is 6.54 Å². The summed E-state index contributed by atoms with van der Waals surface area (Å²) < 4.78 is 0. The third-order valence-electron chi connectivity index (χ3n) is 4.19. The number of hydrogen-bond acceptors (Lipinski definition) is 2. The van der Waals surface area contributed by atoms with E-state index >= 15 is 0 Å². The summed E-state index contributed by atoms with van der Waals surface area (Å²) in [4.78, 5) is 10.5. The van der Waals surface area contributed by atoms with E-state index < -0.39 is 5.97 Å². The molecule has 3 heteroatoms. The van der Waals surface area contributed by atoms with Crippen molar-refractivity contribution in [2.45, 2.75) is 25.7 Å². The number of fused-ring (bicyclic) bond motifs is 1. The summed E-state index contributed by atoms with van der Waals surface area (Å²) in [5, 5.41) is 8.67. The molecule has 0 heterocycles. The van der Waals surface area contributed by atoms with Gasteiger partial charge in [0.25, 0.3) is 0 Å². The van der Waals surface area contributed by atoms with Gasteiger partial charge in [0.1, 0.15) is 0 Å². The maximum atomic E-state index is 10.5. The van der Waals surface area contributed by atoms with E-state index in [0.29, 0.717) is 12.5 Å². The van der Waals surface area contributed by atoms with Crippen LogP contribution in [0.1, 0.15) is 25.7 Å². The van der Waals surface area contributed by atoms with Crippen LogP contribution < -0.4 is 5.73 Å². The monoisotopic (exact) mass is 285 g/mol. The highest BCUT2D eigenvalue weighted by Gasteiger charge is 2.24. The van der Waals surface area contributed by atoms with E-state index in [-0.39, 0.29) is 5.92 Å². The van der Waals surface area contributed by atoms with E-state index in [4.69, 9.17) is 10.8 Å². The lowest BCUT2D eigenvalue weighted by molar-refractivity contribution is -0.143. The van der Waals surface area contributed by atoms with Crippen LogP contribution in [-0.2, 0) is 4.79 Å². The van der Waals surface area contributed by atoms with Gasteiger partial charge in [-0.1, -0.05) is 48.5 Å². The lowest BCUT2D eigenvalue weighted by Gasteiger charge is -2.24. The molecule has 3 nitrogen and oxygen atoms in total. The number of carboxylic acid groups (broad SMARTS) is 1. The van der Waals surface area contributed by atoms with Crippen LogP contribution in [0, 0.1) is 11.8 Å². The third-order valence-corrected chi connectivity index (χ3v) is 4.19. The molecule has 1 saturated carbocycles. The van der Waals surface area contributed by atoms with Crippen molar-refractivity contribution in [2.24, 2.45) is 17.6 Å². The fraction of sp³-hybridized carbons (Fsp3) is 0.389. The minimum atomic E-state index is -0.638. The highest BCUT2D eigenvalue weighted by molar-refractivity contribution is 5.70. The van der Waals surface area contributed by atoms with Gasteiger partial charge in [-0.3, -0.25) is 4.79 Å². The predicted octanol–water partition coefficient (Wildman–Crippen LogP) is 3.63. The molecule has 0 amide bonds. The van der Waals surface area contributed by atoms with Gasteiger partial charge in [-0.05, 0) is 49.3 Å². The van der Waals surface area contributed by atoms with Crippen LogP contribution in [0.5, 0.6) is 0 Å². The van der Waals surface area contributed by atoms with E-state index in [1.54, 1.807) is 0 Å². The Bertz CT molecular complexity index is 505. The van der Waals surface area contributed by atoms with Crippen LogP contribution in [0.2, 0.25) is 0 Å². The molecule has 0 bridgehead atoms. The molecule has 21 heavy (non-hydrogen) atoms. The molecule has 0 unspecified atom stereocenters. The van der Waals surface area contributed by atoms with Crippen molar-refractivity contribution in [3.8, 4) is 11.1 Å². The molecule has 0 radical (unpaired) electrons. The highest BCUT2D eigenvalue weighted by Crippen LogP contribution is 2.27. The maximum Gasteiger partial charge on any atom is 0.306 e. The molecule has 0 spiro atoms. The summed E-state index contributed by atoms with van der Waals surface area (Å²) in [7, 11) is 0. The second kappa shape index (κ2) is 7.79.